The van der Waals surface area contributed by atoms with Crippen LogP contribution in [0.3, 0.4) is 0 Å². The summed E-state index contributed by atoms with van der Waals surface area (Å²) in [6.07, 6.45) is 16.0. The highest BCUT2D eigenvalue weighted by Crippen LogP contribution is 2.47. The van der Waals surface area contributed by atoms with Crippen LogP contribution in [0.4, 0.5) is 0 Å². The highest BCUT2D eigenvalue weighted by atomic mass is 16.2. The monoisotopic (exact) mass is 386 g/mol. The van der Waals surface area contributed by atoms with E-state index < -0.39 is 0 Å². The Morgan fingerprint density at radius 2 is 1.89 bits per heavy atom. The molecule has 1 unspecified atom stereocenters. The number of hydrogen-bond acceptors (Lipinski definition) is 2. The third-order valence-corrected chi connectivity index (χ3v) is 8.03. The van der Waals surface area contributed by atoms with E-state index >= 15 is 0 Å². The standard InChI is InChI=1S/C24H38N2O2/c1-18(2)15-19-9-4-3-5-11-23(12-6-7-13-23)22(28)26-16-20-10-8-14-24(20,17-26)25-21(19)27/h3,5,18-20H,4,6-17H2,1-2H3,(H,25,27)/b5-3+/t19?,20-,24-/m0/s1. The number of hydrogen-bond donors (Lipinski definition) is 1. The summed E-state index contributed by atoms with van der Waals surface area (Å²) >= 11 is 0. The summed E-state index contributed by atoms with van der Waals surface area (Å²) < 4.78 is 0. The molecule has 2 aliphatic heterocycles. The van der Waals surface area contributed by atoms with Crippen molar-refractivity contribution in [2.75, 3.05) is 13.1 Å². The summed E-state index contributed by atoms with van der Waals surface area (Å²) in [4.78, 5) is 29.0. The van der Waals surface area contributed by atoms with Gasteiger partial charge in [0.2, 0.25) is 11.8 Å². The molecule has 3 fully saturated rings. The number of nitrogens with zero attached hydrogens (tertiary/aromatic N) is 1. The summed E-state index contributed by atoms with van der Waals surface area (Å²) in [6, 6.07) is 0. The van der Waals surface area contributed by atoms with Crippen LogP contribution < -0.4 is 5.32 Å². The molecule has 156 valence electrons. The molecular formula is C24H38N2O2. The molecule has 4 heteroatoms. The van der Waals surface area contributed by atoms with Crippen molar-refractivity contribution in [3.63, 3.8) is 0 Å². The summed E-state index contributed by atoms with van der Waals surface area (Å²) in [7, 11) is 0. The molecule has 28 heavy (non-hydrogen) atoms. The van der Waals surface area contributed by atoms with Gasteiger partial charge in [-0.15, -0.1) is 0 Å². The molecule has 0 radical (unpaired) electrons. The Kier molecular flexibility index (Phi) is 5.59. The van der Waals surface area contributed by atoms with Crippen molar-refractivity contribution in [1.29, 1.82) is 0 Å². The molecule has 2 amide bonds. The molecule has 0 aromatic carbocycles. The molecule has 4 nitrogen and oxygen atoms in total. The highest BCUT2D eigenvalue weighted by molar-refractivity contribution is 5.84. The molecule has 1 saturated heterocycles. The lowest BCUT2D eigenvalue weighted by Crippen LogP contribution is -2.54. The molecule has 0 aromatic rings. The molecule has 4 rings (SSSR count). The minimum Gasteiger partial charge on any atom is -0.348 e. The Bertz CT molecular complexity index is 635. The van der Waals surface area contributed by atoms with Gasteiger partial charge in [0.1, 0.15) is 0 Å². The minimum absolute atomic E-state index is 0.0891. The predicted octanol–water partition coefficient (Wildman–Crippen LogP) is 4.45. The number of fused-ring (bicyclic) bond motifs is 1. The van der Waals surface area contributed by atoms with Gasteiger partial charge in [0.15, 0.2) is 0 Å². The fourth-order valence-electron chi connectivity index (χ4n) is 6.54. The highest BCUT2D eigenvalue weighted by Gasteiger charge is 2.54. The quantitative estimate of drug-likeness (QED) is 0.713. The molecule has 2 spiro atoms. The number of carbonyl (C=O) groups excluding carboxylic acids is 2. The molecule has 1 N–H and O–H groups in total. The van der Waals surface area contributed by atoms with E-state index in [4.69, 9.17) is 0 Å². The Hall–Kier alpha value is -1.32. The van der Waals surface area contributed by atoms with Crippen LogP contribution in [0.15, 0.2) is 12.2 Å². The van der Waals surface area contributed by atoms with Gasteiger partial charge in [-0.2, -0.15) is 0 Å². The molecular weight excluding hydrogens is 348 g/mol. The Balaban J connectivity index is 1.63. The number of amides is 2. The van der Waals surface area contributed by atoms with E-state index in [-0.39, 0.29) is 22.8 Å². The first-order valence-electron chi connectivity index (χ1n) is 11.7. The molecule has 2 saturated carbocycles. The number of allylic oxidation sites excluding steroid dienone is 2. The maximum absolute atomic E-state index is 13.6. The van der Waals surface area contributed by atoms with Crippen molar-refractivity contribution in [1.82, 2.24) is 10.2 Å². The second-order valence-electron chi connectivity index (χ2n) is 10.5. The van der Waals surface area contributed by atoms with Crippen LogP contribution in [0, 0.1) is 23.2 Å². The average Bonchev–Trinajstić information content (AvgIpc) is 3.33. The third kappa shape index (κ3) is 3.64. The lowest BCUT2D eigenvalue weighted by molar-refractivity contribution is -0.141. The molecule has 4 aliphatic rings. The second-order valence-corrected chi connectivity index (χ2v) is 10.5. The molecule has 0 aromatic heterocycles. The van der Waals surface area contributed by atoms with E-state index in [9.17, 15) is 9.59 Å². The lowest BCUT2D eigenvalue weighted by atomic mass is 9.81. The fourth-order valence-corrected chi connectivity index (χ4v) is 6.54. The van der Waals surface area contributed by atoms with Crippen LogP contribution in [0.1, 0.15) is 84.5 Å². The smallest absolute Gasteiger partial charge is 0.229 e. The van der Waals surface area contributed by atoms with E-state index in [0.29, 0.717) is 17.7 Å². The van der Waals surface area contributed by atoms with Gasteiger partial charge in [-0.1, -0.05) is 45.3 Å². The maximum atomic E-state index is 13.6. The molecule has 2 bridgehead atoms. The van der Waals surface area contributed by atoms with Crippen LogP contribution in [0.2, 0.25) is 0 Å². The van der Waals surface area contributed by atoms with E-state index in [0.717, 1.165) is 64.5 Å². The SMILES string of the molecule is CC(C)CC1CC/C=C/CC2(CCCC2)C(=O)N2C[C@@H]3CCC[C@@]3(C2)NC1=O. The first-order chi connectivity index (χ1) is 13.4. The maximum Gasteiger partial charge on any atom is 0.229 e. The van der Waals surface area contributed by atoms with Crippen LogP contribution in [0.5, 0.6) is 0 Å². The number of rotatable bonds is 2. The van der Waals surface area contributed by atoms with Crippen LogP contribution >= 0.6 is 0 Å². The van der Waals surface area contributed by atoms with Crippen molar-refractivity contribution in [2.24, 2.45) is 23.2 Å². The summed E-state index contributed by atoms with van der Waals surface area (Å²) in [5.74, 6) is 1.66. The van der Waals surface area contributed by atoms with Gasteiger partial charge in [0.05, 0.1) is 11.0 Å². The number of nitrogens with one attached hydrogen (secondary N) is 1. The molecule has 2 heterocycles. The zero-order valence-corrected chi connectivity index (χ0v) is 17.8. The van der Waals surface area contributed by atoms with Crippen LogP contribution in [-0.4, -0.2) is 35.3 Å². The summed E-state index contributed by atoms with van der Waals surface area (Å²) in [5.41, 5.74) is -0.338. The Morgan fingerprint density at radius 1 is 1.11 bits per heavy atom. The fraction of sp³-hybridized carbons (Fsp3) is 0.833. The minimum atomic E-state index is -0.175. The molecule has 3 atom stereocenters. The van der Waals surface area contributed by atoms with Crippen molar-refractivity contribution >= 4 is 11.8 Å². The first-order valence-corrected chi connectivity index (χ1v) is 11.7. The van der Waals surface area contributed by atoms with Gasteiger partial charge in [-0.3, -0.25) is 9.59 Å². The summed E-state index contributed by atoms with van der Waals surface area (Å²) in [5, 5.41) is 3.52. The zero-order valence-electron chi connectivity index (χ0n) is 17.8. The second kappa shape index (κ2) is 7.84. The van der Waals surface area contributed by atoms with E-state index in [2.05, 4.69) is 36.2 Å². The van der Waals surface area contributed by atoms with Crippen molar-refractivity contribution < 1.29 is 9.59 Å². The van der Waals surface area contributed by atoms with Crippen LogP contribution in [0.25, 0.3) is 0 Å². The van der Waals surface area contributed by atoms with Gasteiger partial charge >= 0.3 is 0 Å². The van der Waals surface area contributed by atoms with E-state index in [1.54, 1.807) is 0 Å². The van der Waals surface area contributed by atoms with Crippen molar-refractivity contribution in [2.45, 2.75) is 90.0 Å². The largest absolute Gasteiger partial charge is 0.348 e. The van der Waals surface area contributed by atoms with Crippen molar-refractivity contribution in [3.05, 3.63) is 12.2 Å². The van der Waals surface area contributed by atoms with Gasteiger partial charge in [-0.05, 0) is 57.3 Å². The Morgan fingerprint density at radius 3 is 2.64 bits per heavy atom. The topological polar surface area (TPSA) is 49.4 Å². The van der Waals surface area contributed by atoms with Gasteiger partial charge < -0.3 is 10.2 Å². The van der Waals surface area contributed by atoms with Gasteiger partial charge in [-0.25, -0.2) is 0 Å². The predicted molar refractivity (Wildman–Crippen MR) is 112 cm³/mol. The van der Waals surface area contributed by atoms with E-state index in [1.165, 1.54) is 19.3 Å². The molecule has 2 aliphatic carbocycles. The van der Waals surface area contributed by atoms with E-state index in [1.807, 2.05) is 0 Å². The normalized spacial score (nSPS) is 36.8. The zero-order chi connectivity index (χ0) is 19.8. The lowest BCUT2D eigenvalue weighted by Gasteiger charge is -2.34. The van der Waals surface area contributed by atoms with Gasteiger partial charge in [0, 0.05) is 24.9 Å². The average molecular weight is 387 g/mol. The Labute approximate surface area is 170 Å². The summed E-state index contributed by atoms with van der Waals surface area (Å²) in [6.45, 7) is 6.00. The van der Waals surface area contributed by atoms with Crippen molar-refractivity contribution in [3.8, 4) is 0 Å². The number of carbonyl (C=O) groups is 2. The van der Waals surface area contributed by atoms with Gasteiger partial charge in [0.25, 0.3) is 0 Å². The third-order valence-electron chi connectivity index (χ3n) is 8.03. The first kappa shape index (κ1) is 20.0. The van der Waals surface area contributed by atoms with Crippen LogP contribution in [-0.2, 0) is 9.59 Å².